The van der Waals surface area contributed by atoms with Gasteiger partial charge in [0.2, 0.25) is 5.91 Å². The van der Waals surface area contributed by atoms with Gasteiger partial charge in [0.1, 0.15) is 5.82 Å². The molecule has 20 heavy (non-hydrogen) atoms. The highest BCUT2D eigenvalue weighted by Crippen LogP contribution is 2.16. The topological polar surface area (TPSA) is 29.1 Å². The van der Waals surface area contributed by atoms with Crippen molar-refractivity contribution in [3.63, 3.8) is 0 Å². The molecule has 2 aromatic carbocycles. The Hall–Kier alpha value is -2.16. The molecule has 0 aliphatic rings. The van der Waals surface area contributed by atoms with Crippen molar-refractivity contribution < 1.29 is 9.18 Å². The molecule has 1 N–H and O–H groups in total. The molecule has 0 unspecified atom stereocenters. The second kappa shape index (κ2) is 6.85. The van der Waals surface area contributed by atoms with Gasteiger partial charge >= 0.3 is 0 Å². The molecule has 104 valence electrons. The van der Waals surface area contributed by atoms with Gasteiger partial charge in [-0.25, -0.2) is 4.39 Å². The van der Waals surface area contributed by atoms with Crippen LogP contribution >= 0.6 is 0 Å². The van der Waals surface area contributed by atoms with Gasteiger partial charge in [-0.3, -0.25) is 4.79 Å². The lowest BCUT2D eigenvalue weighted by molar-refractivity contribution is -0.116. The first kappa shape index (κ1) is 14.3. The van der Waals surface area contributed by atoms with E-state index in [-0.39, 0.29) is 11.7 Å². The number of aryl methyl sites for hydroxylation is 2. The summed E-state index contributed by atoms with van der Waals surface area (Å²) >= 11 is 0. The fraction of sp³-hybridized carbons (Fsp3) is 0.235. The van der Waals surface area contributed by atoms with E-state index in [1.54, 1.807) is 6.07 Å². The summed E-state index contributed by atoms with van der Waals surface area (Å²) in [6.45, 7) is 2.05. The Morgan fingerprint density at radius 3 is 2.70 bits per heavy atom. The molecule has 2 nitrogen and oxygen atoms in total. The largest absolute Gasteiger partial charge is 0.326 e. The molecule has 3 heteroatoms. The average molecular weight is 271 g/mol. The molecule has 2 rings (SSSR count). The first-order valence-electron chi connectivity index (χ1n) is 6.81. The van der Waals surface area contributed by atoms with Gasteiger partial charge < -0.3 is 5.32 Å². The molecule has 0 saturated carbocycles. The van der Waals surface area contributed by atoms with Crippen molar-refractivity contribution in [3.05, 3.63) is 65.5 Å². The molecular weight excluding hydrogens is 253 g/mol. The van der Waals surface area contributed by atoms with Gasteiger partial charge in [0.15, 0.2) is 0 Å². The smallest absolute Gasteiger partial charge is 0.224 e. The highest BCUT2D eigenvalue weighted by molar-refractivity contribution is 5.91. The van der Waals surface area contributed by atoms with E-state index < -0.39 is 0 Å². The molecule has 0 aliphatic heterocycles. The Balaban J connectivity index is 1.93. The van der Waals surface area contributed by atoms with Crippen molar-refractivity contribution in [2.24, 2.45) is 0 Å². The van der Waals surface area contributed by atoms with Crippen molar-refractivity contribution in [3.8, 4) is 0 Å². The Morgan fingerprint density at radius 1 is 1.15 bits per heavy atom. The molecule has 0 aromatic heterocycles. The monoisotopic (exact) mass is 271 g/mol. The maximum atomic E-state index is 13.0. The number of benzene rings is 2. The molecule has 0 saturated heterocycles. The van der Waals surface area contributed by atoms with E-state index in [9.17, 15) is 9.18 Å². The zero-order chi connectivity index (χ0) is 14.4. The summed E-state index contributed by atoms with van der Waals surface area (Å²) in [5.74, 6) is -0.311. The second-order valence-electron chi connectivity index (χ2n) is 4.69. The summed E-state index contributed by atoms with van der Waals surface area (Å²) in [6.07, 6.45) is 1.76. The predicted molar refractivity (Wildman–Crippen MR) is 79.2 cm³/mol. The Morgan fingerprint density at radius 2 is 1.95 bits per heavy atom. The quantitative estimate of drug-likeness (QED) is 0.876. The molecular formula is C17H18FNO. The number of halogens is 1. The third-order valence-corrected chi connectivity index (χ3v) is 3.20. The van der Waals surface area contributed by atoms with E-state index in [0.29, 0.717) is 12.8 Å². The first-order chi connectivity index (χ1) is 9.69. The molecule has 0 spiro atoms. The Labute approximate surface area is 118 Å². The standard InChI is InChI=1S/C17H18FNO/c1-2-14-7-3-4-9-16(14)19-17(20)11-10-13-6-5-8-15(18)12-13/h3-9,12H,2,10-11H2,1H3,(H,19,20). The van der Waals surface area contributed by atoms with E-state index in [4.69, 9.17) is 0 Å². The number of carbonyl (C=O) groups is 1. The molecule has 0 atom stereocenters. The molecule has 0 fully saturated rings. The third kappa shape index (κ3) is 3.92. The maximum absolute atomic E-state index is 13.0. The number of anilines is 1. The lowest BCUT2D eigenvalue weighted by Gasteiger charge is -2.09. The summed E-state index contributed by atoms with van der Waals surface area (Å²) in [5.41, 5.74) is 2.81. The molecule has 2 aromatic rings. The van der Waals surface area contributed by atoms with Crippen LogP contribution in [0.5, 0.6) is 0 Å². The Bertz CT molecular complexity index is 595. The van der Waals surface area contributed by atoms with Gasteiger partial charge in [0.05, 0.1) is 0 Å². The number of nitrogens with one attached hydrogen (secondary N) is 1. The van der Waals surface area contributed by atoms with Gasteiger partial charge in [0, 0.05) is 12.1 Å². The average Bonchev–Trinajstić information content (AvgIpc) is 2.46. The van der Waals surface area contributed by atoms with E-state index >= 15 is 0 Å². The van der Waals surface area contributed by atoms with Crippen LogP contribution in [0, 0.1) is 5.82 Å². The molecule has 0 radical (unpaired) electrons. The van der Waals surface area contributed by atoms with Crippen LogP contribution in [0.15, 0.2) is 48.5 Å². The van der Waals surface area contributed by atoms with Crippen LogP contribution in [0.4, 0.5) is 10.1 Å². The fourth-order valence-electron chi connectivity index (χ4n) is 2.11. The van der Waals surface area contributed by atoms with Crippen LogP contribution in [-0.4, -0.2) is 5.91 Å². The van der Waals surface area contributed by atoms with Crippen LogP contribution in [-0.2, 0) is 17.6 Å². The van der Waals surface area contributed by atoms with E-state index in [1.165, 1.54) is 12.1 Å². The summed E-state index contributed by atoms with van der Waals surface area (Å²) < 4.78 is 13.0. The number of rotatable bonds is 5. The fourth-order valence-corrected chi connectivity index (χ4v) is 2.11. The molecule has 1 amide bonds. The number of carbonyl (C=O) groups excluding carboxylic acids is 1. The van der Waals surface area contributed by atoms with Crippen molar-refractivity contribution in [1.82, 2.24) is 0 Å². The van der Waals surface area contributed by atoms with Crippen LogP contribution in [0.25, 0.3) is 0 Å². The van der Waals surface area contributed by atoms with Crippen molar-refractivity contribution in [2.75, 3.05) is 5.32 Å². The summed E-state index contributed by atoms with van der Waals surface area (Å²) in [4.78, 5) is 11.9. The summed E-state index contributed by atoms with van der Waals surface area (Å²) in [5, 5.41) is 2.91. The van der Waals surface area contributed by atoms with Gasteiger partial charge in [-0.15, -0.1) is 0 Å². The number of para-hydroxylation sites is 1. The summed E-state index contributed by atoms with van der Waals surface area (Å²) in [7, 11) is 0. The third-order valence-electron chi connectivity index (χ3n) is 3.20. The predicted octanol–water partition coefficient (Wildman–Crippen LogP) is 3.96. The van der Waals surface area contributed by atoms with E-state index in [1.807, 2.05) is 30.3 Å². The van der Waals surface area contributed by atoms with Crippen LogP contribution in [0.3, 0.4) is 0 Å². The van der Waals surface area contributed by atoms with E-state index in [0.717, 1.165) is 23.2 Å². The van der Waals surface area contributed by atoms with Crippen LogP contribution < -0.4 is 5.32 Å². The molecule has 0 bridgehead atoms. The maximum Gasteiger partial charge on any atom is 0.224 e. The Kier molecular flexibility index (Phi) is 4.88. The normalized spacial score (nSPS) is 10.3. The number of hydrogen-bond acceptors (Lipinski definition) is 1. The SMILES string of the molecule is CCc1ccccc1NC(=O)CCc1cccc(F)c1. The van der Waals surface area contributed by atoms with E-state index in [2.05, 4.69) is 12.2 Å². The van der Waals surface area contributed by atoms with Gasteiger partial charge in [0.25, 0.3) is 0 Å². The number of hydrogen-bond donors (Lipinski definition) is 1. The second-order valence-corrected chi connectivity index (χ2v) is 4.69. The van der Waals surface area contributed by atoms with Gasteiger partial charge in [-0.2, -0.15) is 0 Å². The highest BCUT2D eigenvalue weighted by atomic mass is 19.1. The van der Waals surface area contributed by atoms with Crippen molar-refractivity contribution >= 4 is 11.6 Å². The zero-order valence-corrected chi connectivity index (χ0v) is 11.5. The van der Waals surface area contributed by atoms with Crippen molar-refractivity contribution in [2.45, 2.75) is 26.2 Å². The molecule has 0 heterocycles. The lowest BCUT2D eigenvalue weighted by atomic mass is 10.1. The van der Waals surface area contributed by atoms with Crippen molar-refractivity contribution in [1.29, 1.82) is 0 Å². The zero-order valence-electron chi connectivity index (χ0n) is 11.5. The molecule has 0 aliphatic carbocycles. The lowest BCUT2D eigenvalue weighted by Crippen LogP contribution is -2.13. The van der Waals surface area contributed by atoms with Gasteiger partial charge in [-0.05, 0) is 42.2 Å². The highest BCUT2D eigenvalue weighted by Gasteiger charge is 2.06. The van der Waals surface area contributed by atoms with Gasteiger partial charge in [-0.1, -0.05) is 37.3 Å². The number of amides is 1. The van der Waals surface area contributed by atoms with Crippen LogP contribution in [0.1, 0.15) is 24.5 Å². The minimum atomic E-state index is -0.265. The minimum absolute atomic E-state index is 0.0461. The minimum Gasteiger partial charge on any atom is -0.326 e. The summed E-state index contributed by atoms with van der Waals surface area (Å²) in [6, 6.07) is 14.1. The van der Waals surface area contributed by atoms with Crippen LogP contribution in [0.2, 0.25) is 0 Å². The first-order valence-corrected chi connectivity index (χ1v) is 6.81.